The Kier molecular flexibility index (Phi) is 6.59. The zero-order valence-electron chi connectivity index (χ0n) is 15.5. The summed E-state index contributed by atoms with van der Waals surface area (Å²) in [6, 6.07) is 9.83. The monoisotopic (exact) mass is 467 g/mol. The van der Waals surface area contributed by atoms with Gasteiger partial charge in [0.2, 0.25) is 15.7 Å². The van der Waals surface area contributed by atoms with Crippen LogP contribution in [0.5, 0.6) is 0 Å². The molecule has 1 aromatic heterocycles. The lowest BCUT2D eigenvalue weighted by atomic mass is 10.2. The second-order valence-corrected chi connectivity index (χ2v) is 9.46. The molecule has 0 unspecified atom stereocenters. The fraction of sp³-hybridized carbons (Fsp3) is 0.105. The minimum absolute atomic E-state index is 0.0651. The highest BCUT2D eigenvalue weighted by Crippen LogP contribution is 2.22. The summed E-state index contributed by atoms with van der Waals surface area (Å²) in [6.45, 7) is 1.61. The largest absolute Gasteiger partial charge is 0.325 e. The molecule has 0 saturated heterocycles. The minimum Gasteiger partial charge on any atom is -0.325 e. The molecule has 0 atom stereocenters. The lowest BCUT2D eigenvalue weighted by Crippen LogP contribution is -2.20. The van der Waals surface area contributed by atoms with Crippen molar-refractivity contribution in [1.29, 1.82) is 0 Å². The maximum absolute atomic E-state index is 13.5. The molecule has 0 radical (unpaired) electrons. The number of thioether (sulfide) groups is 1. The Hall–Kier alpha value is -2.69. The molecule has 1 heterocycles. The van der Waals surface area contributed by atoms with E-state index in [1.54, 1.807) is 13.0 Å². The van der Waals surface area contributed by atoms with E-state index in [1.807, 2.05) is 0 Å². The van der Waals surface area contributed by atoms with E-state index in [9.17, 15) is 22.4 Å². The number of benzene rings is 2. The molecule has 3 aromatic rings. The first kappa shape index (κ1) is 22.0. The van der Waals surface area contributed by atoms with E-state index in [4.69, 9.17) is 11.6 Å². The molecule has 30 heavy (non-hydrogen) atoms. The highest BCUT2D eigenvalue weighted by Gasteiger charge is 2.22. The first-order chi connectivity index (χ1) is 14.2. The normalized spacial score (nSPS) is 11.3. The van der Waals surface area contributed by atoms with Crippen LogP contribution in [0, 0.1) is 12.7 Å². The second-order valence-electron chi connectivity index (χ2n) is 6.14. The van der Waals surface area contributed by atoms with Crippen LogP contribution in [-0.4, -0.2) is 30.0 Å². The number of aromatic amines is 1. The number of aromatic nitrogens is 2. The van der Waals surface area contributed by atoms with Gasteiger partial charge < -0.3 is 10.3 Å². The molecule has 0 bridgehead atoms. The van der Waals surface area contributed by atoms with Gasteiger partial charge in [-0.25, -0.2) is 17.8 Å². The number of carbonyl (C=O) groups excluding carboxylic acids is 1. The number of nitrogens with one attached hydrogen (secondary N) is 2. The summed E-state index contributed by atoms with van der Waals surface area (Å²) in [4.78, 5) is 29.9. The zero-order valence-corrected chi connectivity index (χ0v) is 17.9. The molecular weight excluding hydrogens is 453 g/mol. The number of H-pyrrole nitrogens is 1. The Bertz CT molecular complexity index is 1280. The minimum atomic E-state index is -4.10. The van der Waals surface area contributed by atoms with Gasteiger partial charge in [-0.2, -0.15) is 0 Å². The van der Waals surface area contributed by atoms with Crippen molar-refractivity contribution in [3.8, 4) is 0 Å². The van der Waals surface area contributed by atoms with Crippen molar-refractivity contribution in [3.63, 3.8) is 0 Å². The van der Waals surface area contributed by atoms with Gasteiger partial charge in [-0.05, 0) is 42.8 Å². The molecule has 2 N–H and O–H groups in total. The third-order valence-corrected chi connectivity index (χ3v) is 6.80. The van der Waals surface area contributed by atoms with Gasteiger partial charge in [0.15, 0.2) is 10.1 Å². The quantitative estimate of drug-likeness (QED) is 0.424. The fourth-order valence-corrected chi connectivity index (χ4v) is 4.56. The summed E-state index contributed by atoms with van der Waals surface area (Å²) in [5, 5.41) is 2.81. The van der Waals surface area contributed by atoms with Gasteiger partial charge >= 0.3 is 0 Å². The number of halogens is 2. The van der Waals surface area contributed by atoms with Crippen molar-refractivity contribution >= 4 is 44.8 Å². The SMILES string of the molecule is Cc1ccc(NC(=O)CSc2ncc(S(=O)(=O)c3cccc(Cl)c3)c(=O)[nH]2)cc1F. The second kappa shape index (κ2) is 8.99. The third-order valence-electron chi connectivity index (χ3n) is 3.93. The average molecular weight is 468 g/mol. The van der Waals surface area contributed by atoms with Crippen LogP contribution >= 0.6 is 23.4 Å². The van der Waals surface area contributed by atoms with Crippen molar-refractivity contribution in [3.05, 3.63) is 75.4 Å². The Labute approximate surface area is 180 Å². The van der Waals surface area contributed by atoms with Gasteiger partial charge in [0, 0.05) is 10.7 Å². The van der Waals surface area contributed by atoms with E-state index in [-0.39, 0.29) is 20.8 Å². The molecule has 1 amide bonds. The molecule has 0 fully saturated rings. The number of hydrogen-bond donors (Lipinski definition) is 2. The Morgan fingerprint density at radius 2 is 2.03 bits per heavy atom. The van der Waals surface area contributed by atoms with E-state index >= 15 is 0 Å². The molecule has 156 valence electrons. The summed E-state index contributed by atoms with van der Waals surface area (Å²) in [5.74, 6) is -1.01. The van der Waals surface area contributed by atoms with Crippen LogP contribution in [0.4, 0.5) is 10.1 Å². The lowest BCUT2D eigenvalue weighted by Gasteiger charge is -2.07. The Morgan fingerprint density at radius 3 is 2.70 bits per heavy atom. The summed E-state index contributed by atoms with van der Waals surface area (Å²) < 4.78 is 38.8. The average Bonchev–Trinajstić information content (AvgIpc) is 2.69. The number of hydrogen-bond acceptors (Lipinski definition) is 6. The number of amides is 1. The van der Waals surface area contributed by atoms with Gasteiger partial charge in [0.05, 0.1) is 16.8 Å². The van der Waals surface area contributed by atoms with Gasteiger partial charge in [-0.3, -0.25) is 9.59 Å². The molecule has 0 saturated carbocycles. The van der Waals surface area contributed by atoms with Gasteiger partial charge in [0.25, 0.3) is 5.56 Å². The molecule has 11 heteroatoms. The van der Waals surface area contributed by atoms with E-state index in [0.29, 0.717) is 11.3 Å². The molecule has 7 nitrogen and oxygen atoms in total. The van der Waals surface area contributed by atoms with Gasteiger partial charge in [0.1, 0.15) is 5.82 Å². The van der Waals surface area contributed by atoms with Gasteiger partial charge in [-0.15, -0.1) is 0 Å². The fourth-order valence-electron chi connectivity index (χ4n) is 2.39. The molecule has 0 aliphatic rings. The van der Waals surface area contributed by atoms with Crippen molar-refractivity contribution in [1.82, 2.24) is 9.97 Å². The smallest absolute Gasteiger partial charge is 0.270 e. The molecule has 0 aliphatic carbocycles. The van der Waals surface area contributed by atoms with Crippen molar-refractivity contribution < 1.29 is 17.6 Å². The molecule has 3 rings (SSSR count). The van der Waals surface area contributed by atoms with E-state index in [1.165, 1.54) is 36.4 Å². The summed E-state index contributed by atoms with van der Waals surface area (Å²) in [7, 11) is -4.10. The number of aryl methyl sites for hydroxylation is 1. The van der Waals surface area contributed by atoms with E-state index < -0.39 is 32.0 Å². The first-order valence-corrected chi connectivity index (χ1v) is 11.3. The Morgan fingerprint density at radius 1 is 1.27 bits per heavy atom. The van der Waals surface area contributed by atoms with Crippen LogP contribution in [0.1, 0.15) is 5.56 Å². The first-order valence-electron chi connectivity index (χ1n) is 8.45. The van der Waals surface area contributed by atoms with E-state index in [0.717, 1.165) is 18.0 Å². The predicted octanol–water partition coefficient (Wildman–Crippen LogP) is 3.43. The number of anilines is 1. The summed E-state index contributed by atoms with van der Waals surface area (Å²) in [5.41, 5.74) is -0.112. The standard InChI is InChI=1S/C19H15ClFN3O4S2/c1-11-5-6-13(8-15(11)21)23-17(25)10-29-19-22-9-16(18(26)24-19)30(27,28)14-4-2-3-12(20)7-14/h2-9H,10H2,1H3,(H,23,25)(H,22,24,26). The van der Waals surface area contributed by atoms with Crippen LogP contribution in [0.2, 0.25) is 5.02 Å². The van der Waals surface area contributed by atoms with Crippen molar-refractivity contribution in [2.24, 2.45) is 0 Å². The van der Waals surface area contributed by atoms with Crippen LogP contribution in [0.3, 0.4) is 0 Å². The molecule has 0 aliphatic heterocycles. The van der Waals surface area contributed by atoms with E-state index in [2.05, 4.69) is 15.3 Å². The Balaban J connectivity index is 1.70. The van der Waals surface area contributed by atoms with Crippen molar-refractivity contribution in [2.75, 3.05) is 11.1 Å². The number of carbonyl (C=O) groups is 1. The predicted molar refractivity (Wildman–Crippen MR) is 112 cm³/mol. The molecule has 2 aromatic carbocycles. The highest BCUT2D eigenvalue weighted by molar-refractivity contribution is 7.99. The topological polar surface area (TPSA) is 109 Å². The summed E-state index contributed by atoms with van der Waals surface area (Å²) in [6.07, 6.45) is 0.935. The third kappa shape index (κ3) is 5.07. The zero-order chi connectivity index (χ0) is 21.9. The molecule has 0 spiro atoms. The number of nitrogens with zero attached hydrogens (tertiary/aromatic N) is 1. The van der Waals surface area contributed by atoms with Crippen LogP contribution in [0.15, 0.2) is 68.4 Å². The number of rotatable bonds is 6. The summed E-state index contributed by atoms with van der Waals surface area (Å²) >= 11 is 6.72. The van der Waals surface area contributed by atoms with Crippen LogP contribution in [0.25, 0.3) is 0 Å². The highest BCUT2D eigenvalue weighted by atomic mass is 35.5. The number of sulfone groups is 1. The maximum Gasteiger partial charge on any atom is 0.270 e. The maximum atomic E-state index is 13.5. The lowest BCUT2D eigenvalue weighted by molar-refractivity contribution is -0.113. The van der Waals surface area contributed by atoms with Crippen LogP contribution < -0.4 is 10.9 Å². The van der Waals surface area contributed by atoms with Gasteiger partial charge in [-0.1, -0.05) is 35.5 Å². The van der Waals surface area contributed by atoms with Crippen molar-refractivity contribution in [2.45, 2.75) is 21.9 Å². The molecular formula is C19H15ClFN3O4S2. The van der Waals surface area contributed by atoms with Crippen LogP contribution in [-0.2, 0) is 14.6 Å².